The van der Waals surface area contributed by atoms with E-state index >= 15 is 0 Å². The summed E-state index contributed by atoms with van der Waals surface area (Å²) in [6.07, 6.45) is 2.01. The number of carbonyl (C=O) groups is 2. The Morgan fingerprint density at radius 3 is 2.05 bits per heavy atom. The van der Waals surface area contributed by atoms with Crippen LogP contribution in [0.2, 0.25) is 10.0 Å². The number of hydrogen-bond donors (Lipinski definition) is 1. The highest BCUT2D eigenvalue weighted by atomic mass is 35.5. The number of benzene rings is 3. The van der Waals surface area contributed by atoms with E-state index in [1.54, 1.807) is 23.1 Å². The third kappa shape index (κ3) is 8.84. The number of rotatable bonds is 11. The number of hydrogen-bond acceptors (Lipinski definition) is 2. The largest absolute Gasteiger partial charge is 0.352 e. The molecule has 2 amide bonds. The normalized spacial score (nSPS) is 13.0. The van der Waals surface area contributed by atoms with Gasteiger partial charge in [0.15, 0.2) is 0 Å². The number of aryl methyl sites for hydroxylation is 1. The summed E-state index contributed by atoms with van der Waals surface area (Å²) in [5, 5.41) is 4.04. The minimum absolute atomic E-state index is 0.0158. The third-order valence-corrected chi connectivity index (χ3v) is 7.82. The highest BCUT2D eigenvalue weighted by Gasteiger charge is 2.31. The highest BCUT2D eigenvalue weighted by molar-refractivity contribution is 6.36. The van der Waals surface area contributed by atoms with Crippen LogP contribution in [0.3, 0.4) is 0 Å². The van der Waals surface area contributed by atoms with E-state index < -0.39 is 6.04 Å². The number of carbonyl (C=O) groups excluding carboxylic acids is 2. The molecule has 0 fully saturated rings. The van der Waals surface area contributed by atoms with Crippen LogP contribution in [0.15, 0.2) is 72.8 Å². The van der Waals surface area contributed by atoms with E-state index in [2.05, 4.69) is 50.4 Å². The Balaban J connectivity index is 1.93. The lowest BCUT2D eigenvalue weighted by Crippen LogP contribution is -2.52. The van der Waals surface area contributed by atoms with Crippen molar-refractivity contribution >= 4 is 35.0 Å². The van der Waals surface area contributed by atoms with E-state index in [0.29, 0.717) is 28.5 Å². The predicted molar refractivity (Wildman–Crippen MR) is 162 cm³/mol. The van der Waals surface area contributed by atoms with Crippen LogP contribution in [-0.4, -0.2) is 28.8 Å². The molecule has 1 N–H and O–H groups in total. The molecule has 6 heteroatoms. The number of halogens is 2. The molecule has 3 aromatic rings. The lowest BCUT2D eigenvalue weighted by atomic mass is 9.86. The highest BCUT2D eigenvalue weighted by Crippen LogP contribution is 2.28. The average Bonchev–Trinajstić information content (AvgIpc) is 2.90. The topological polar surface area (TPSA) is 49.4 Å². The van der Waals surface area contributed by atoms with Gasteiger partial charge in [-0.3, -0.25) is 9.59 Å². The van der Waals surface area contributed by atoms with Gasteiger partial charge in [0.05, 0.1) is 0 Å². The van der Waals surface area contributed by atoms with Gasteiger partial charge in [-0.1, -0.05) is 112 Å². The van der Waals surface area contributed by atoms with E-state index in [0.717, 1.165) is 17.5 Å². The SMILES string of the molecule is CCC(C)NC(=O)C(Cc1ccccc1)N(Cc1c(Cl)cccc1Cl)C(=O)CCc1ccc(C(C)(C)C)cc1. The summed E-state index contributed by atoms with van der Waals surface area (Å²) < 4.78 is 0. The lowest BCUT2D eigenvalue weighted by Gasteiger charge is -2.33. The second kappa shape index (κ2) is 14.0. The van der Waals surface area contributed by atoms with Crippen LogP contribution < -0.4 is 5.32 Å². The molecule has 0 spiro atoms. The van der Waals surface area contributed by atoms with Crippen LogP contribution in [0.1, 0.15) is 69.7 Å². The molecule has 0 saturated carbocycles. The van der Waals surface area contributed by atoms with Gasteiger partial charge in [-0.2, -0.15) is 0 Å². The van der Waals surface area contributed by atoms with Crippen LogP contribution in [0, 0.1) is 0 Å². The first kappa shape index (κ1) is 30.7. The van der Waals surface area contributed by atoms with Crippen molar-refractivity contribution in [1.29, 1.82) is 0 Å². The van der Waals surface area contributed by atoms with Crippen LogP contribution in [0.25, 0.3) is 0 Å². The van der Waals surface area contributed by atoms with Gasteiger partial charge < -0.3 is 10.2 Å². The molecule has 0 bridgehead atoms. The summed E-state index contributed by atoms with van der Waals surface area (Å²) in [6, 6.07) is 22.8. The minimum atomic E-state index is -0.718. The summed E-state index contributed by atoms with van der Waals surface area (Å²) in [5.41, 5.74) is 4.00. The molecule has 2 atom stereocenters. The molecule has 0 radical (unpaired) electrons. The Hall–Kier alpha value is -2.82. The maximum absolute atomic E-state index is 13.9. The molecule has 2 unspecified atom stereocenters. The summed E-state index contributed by atoms with van der Waals surface area (Å²) in [6.45, 7) is 10.7. The van der Waals surface area contributed by atoms with Gasteiger partial charge in [0.1, 0.15) is 6.04 Å². The molecule has 3 rings (SSSR count). The fraction of sp³-hybridized carbons (Fsp3) is 0.394. The second-order valence-electron chi connectivity index (χ2n) is 11.2. The first-order chi connectivity index (χ1) is 18.5. The molecule has 0 aliphatic carbocycles. The van der Waals surface area contributed by atoms with Crippen LogP contribution in [0.4, 0.5) is 0 Å². The maximum atomic E-state index is 13.9. The lowest BCUT2D eigenvalue weighted by molar-refractivity contribution is -0.141. The fourth-order valence-electron chi connectivity index (χ4n) is 4.42. The number of amides is 2. The van der Waals surface area contributed by atoms with Crippen molar-refractivity contribution in [3.63, 3.8) is 0 Å². The zero-order valence-electron chi connectivity index (χ0n) is 23.6. The van der Waals surface area contributed by atoms with Crippen molar-refractivity contribution in [2.75, 3.05) is 0 Å². The average molecular weight is 568 g/mol. The monoisotopic (exact) mass is 566 g/mol. The van der Waals surface area contributed by atoms with Crippen LogP contribution >= 0.6 is 23.2 Å². The Labute approximate surface area is 243 Å². The fourth-order valence-corrected chi connectivity index (χ4v) is 4.93. The summed E-state index contributed by atoms with van der Waals surface area (Å²) in [5.74, 6) is -0.301. The molecule has 3 aromatic carbocycles. The Kier molecular flexibility index (Phi) is 11.0. The van der Waals surface area contributed by atoms with Gasteiger partial charge >= 0.3 is 0 Å². The molecular formula is C33H40Cl2N2O2. The first-order valence-electron chi connectivity index (χ1n) is 13.7. The van der Waals surface area contributed by atoms with E-state index in [1.807, 2.05) is 44.2 Å². The van der Waals surface area contributed by atoms with Gasteiger partial charge in [0.2, 0.25) is 11.8 Å². The van der Waals surface area contributed by atoms with Crippen molar-refractivity contribution in [3.05, 3.63) is 105 Å². The third-order valence-electron chi connectivity index (χ3n) is 7.11. The molecule has 0 aliphatic rings. The van der Waals surface area contributed by atoms with Crippen LogP contribution in [-0.2, 0) is 34.4 Å². The standard InChI is InChI=1S/C33H40Cl2N2O2/c1-6-23(2)36-32(39)30(21-25-11-8-7-9-12-25)37(22-27-28(34)13-10-14-29(27)35)31(38)20-17-24-15-18-26(19-16-24)33(3,4)5/h7-16,18-19,23,30H,6,17,20-22H2,1-5H3,(H,36,39). The summed E-state index contributed by atoms with van der Waals surface area (Å²) in [7, 11) is 0. The van der Waals surface area contributed by atoms with Crippen LogP contribution in [0.5, 0.6) is 0 Å². The molecule has 0 saturated heterocycles. The minimum Gasteiger partial charge on any atom is -0.352 e. The van der Waals surface area contributed by atoms with E-state index in [9.17, 15) is 9.59 Å². The smallest absolute Gasteiger partial charge is 0.243 e. The molecule has 0 aliphatic heterocycles. The second-order valence-corrected chi connectivity index (χ2v) is 12.0. The molecule has 0 heterocycles. The molecular weight excluding hydrogens is 527 g/mol. The van der Waals surface area contributed by atoms with Crippen molar-refractivity contribution in [2.45, 2.75) is 84.3 Å². The van der Waals surface area contributed by atoms with Gasteiger partial charge in [0.25, 0.3) is 0 Å². The quantitative estimate of drug-likeness (QED) is 0.257. The molecule has 39 heavy (non-hydrogen) atoms. The van der Waals surface area contributed by atoms with Crippen molar-refractivity contribution in [3.8, 4) is 0 Å². The Morgan fingerprint density at radius 1 is 0.872 bits per heavy atom. The molecule has 4 nitrogen and oxygen atoms in total. The zero-order valence-corrected chi connectivity index (χ0v) is 25.1. The van der Waals surface area contributed by atoms with Crippen molar-refractivity contribution in [1.82, 2.24) is 10.2 Å². The van der Waals surface area contributed by atoms with Gasteiger partial charge in [-0.05, 0) is 54.0 Å². The van der Waals surface area contributed by atoms with Gasteiger partial charge in [0, 0.05) is 41.0 Å². The predicted octanol–water partition coefficient (Wildman–Crippen LogP) is 7.78. The van der Waals surface area contributed by atoms with E-state index in [1.165, 1.54) is 5.56 Å². The number of nitrogens with one attached hydrogen (secondary N) is 1. The maximum Gasteiger partial charge on any atom is 0.243 e. The van der Waals surface area contributed by atoms with Crippen molar-refractivity contribution in [2.24, 2.45) is 0 Å². The zero-order chi connectivity index (χ0) is 28.6. The van der Waals surface area contributed by atoms with Gasteiger partial charge in [-0.15, -0.1) is 0 Å². The summed E-state index contributed by atoms with van der Waals surface area (Å²) >= 11 is 13.1. The Bertz CT molecular complexity index is 1220. The van der Waals surface area contributed by atoms with Crippen molar-refractivity contribution < 1.29 is 9.59 Å². The Morgan fingerprint density at radius 2 is 1.49 bits per heavy atom. The molecule has 208 valence electrons. The first-order valence-corrected chi connectivity index (χ1v) is 14.4. The van der Waals surface area contributed by atoms with Gasteiger partial charge in [-0.25, -0.2) is 0 Å². The molecule has 0 aromatic heterocycles. The number of nitrogens with zero attached hydrogens (tertiary/aromatic N) is 1. The summed E-state index contributed by atoms with van der Waals surface area (Å²) in [4.78, 5) is 29.2. The van der Waals surface area contributed by atoms with E-state index in [4.69, 9.17) is 23.2 Å². The van der Waals surface area contributed by atoms with E-state index in [-0.39, 0.29) is 36.2 Å².